The summed E-state index contributed by atoms with van der Waals surface area (Å²) in [4.78, 5) is 6.94. The number of hydrogen-bond acceptors (Lipinski definition) is 3. The first-order valence-corrected chi connectivity index (χ1v) is 6.94. The molecule has 2 heterocycles. The van der Waals surface area contributed by atoms with Crippen LogP contribution in [0, 0.1) is 11.3 Å². The van der Waals surface area contributed by atoms with Crippen molar-refractivity contribution < 1.29 is 0 Å². The summed E-state index contributed by atoms with van der Waals surface area (Å²) < 4.78 is 0. The summed E-state index contributed by atoms with van der Waals surface area (Å²) in [5.41, 5.74) is 7.35. The first-order valence-electron chi connectivity index (χ1n) is 6.94. The lowest BCUT2D eigenvalue weighted by atomic mass is 9.72. The summed E-state index contributed by atoms with van der Waals surface area (Å²) in [7, 11) is 0. The molecule has 100 valence electrons. The molecule has 1 fully saturated rings. The fourth-order valence-corrected chi connectivity index (χ4v) is 2.85. The molecular weight excluding hydrogens is 222 g/mol. The van der Waals surface area contributed by atoms with Gasteiger partial charge in [0.1, 0.15) is 0 Å². The van der Waals surface area contributed by atoms with Gasteiger partial charge in [-0.05, 0) is 49.4 Å². The molecule has 1 aliphatic rings. The minimum atomic E-state index is 0.431. The van der Waals surface area contributed by atoms with E-state index in [0.717, 1.165) is 26.1 Å². The third-order valence-corrected chi connectivity index (χ3v) is 4.28. The van der Waals surface area contributed by atoms with Gasteiger partial charge in [0.25, 0.3) is 0 Å². The lowest BCUT2D eigenvalue weighted by molar-refractivity contribution is 0.0512. The molecule has 0 aromatic carbocycles. The molecule has 0 amide bonds. The lowest BCUT2D eigenvalue weighted by Gasteiger charge is -2.44. The Morgan fingerprint density at radius 1 is 1.44 bits per heavy atom. The molecule has 1 unspecified atom stereocenters. The zero-order chi connectivity index (χ0) is 13.0. The maximum Gasteiger partial charge on any atom is 0.0543 e. The Balaban J connectivity index is 1.96. The van der Waals surface area contributed by atoms with Gasteiger partial charge in [0.05, 0.1) is 5.69 Å². The zero-order valence-electron chi connectivity index (χ0n) is 11.6. The van der Waals surface area contributed by atoms with Crippen molar-refractivity contribution in [2.75, 3.05) is 19.6 Å². The largest absolute Gasteiger partial charge is 0.330 e. The van der Waals surface area contributed by atoms with Crippen LogP contribution in [0.4, 0.5) is 0 Å². The van der Waals surface area contributed by atoms with E-state index in [0.29, 0.717) is 11.3 Å². The number of aromatic nitrogens is 1. The number of rotatable bonds is 4. The highest BCUT2D eigenvalue weighted by Crippen LogP contribution is 2.37. The van der Waals surface area contributed by atoms with Gasteiger partial charge in [-0.1, -0.05) is 19.9 Å². The quantitative estimate of drug-likeness (QED) is 0.887. The summed E-state index contributed by atoms with van der Waals surface area (Å²) >= 11 is 0. The molecule has 0 aliphatic carbocycles. The van der Waals surface area contributed by atoms with Crippen LogP contribution < -0.4 is 5.73 Å². The van der Waals surface area contributed by atoms with E-state index in [2.05, 4.69) is 35.9 Å². The predicted molar refractivity (Wildman–Crippen MR) is 75.1 cm³/mol. The van der Waals surface area contributed by atoms with Gasteiger partial charge in [-0.25, -0.2) is 0 Å². The van der Waals surface area contributed by atoms with Crippen LogP contribution in [0.5, 0.6) is 0 Å². The fraction of sp³-hybridized carbons (Fsp3) is 0.667. The van der Waals surface area contributed by atoms with Crippen molar-refractivity contribution in [3.05, 3.63) is 30.1 Å². The highest BCUT2D eigenvalue weighted by molar-refractivity contribution is 5.03. The summed E-state index contributed by atoms with van der Waals surface area (Å²) in [5.74, 6) is 0.708. The molecule has 3 nitrogen and oxygen atoms in total. The van der Waals surface area contributed by atoms with Crippen molar-refractivity contribution in [3.8, 4) is 0 Å². The number of hydrogen-bond donors (Lipinski definition) is 1. The fourth-order valence-electron chi connectivity index (χ4n) is 2.85. The Kier molecular flexibility index (Phi) is 4.36. The summed E-state index contributed by atoms with van der Waals surface area (Å²) in [6, 6.07) is 6.14. The summed E-state index contributed by atoms with van der Waals surface area (Å²) in [5, 5.41) is 0. The molecule has 1 aromatic rings. The van der Waals surface area contributed by atoms with Crippen LogP contribution in [0.2, 0.25) is 0 Å². The van der Waals surface area contributed by atoms with Crippen molar-refractivity contribution in [3.63, 3.8) is 0 Å². The van der Waals surface area contributed by atoms with Gasteiger partial charge >= 0.3 is 0 Å². The van der Waals surface area contributed by atoms with E-state index in [1.165, 1.54) is 18.7 Å². The molecule has 0 spiro atoms. The maximum absolute atomic E-state index is 5.75. The zero-order valence-corrected chi connectivity index (χ0v) is 11.6. The molecule has 1 atom stereocenters. The number of nitrogens with two attached hydrogens (primary N) is 1. The van der Waals surface area contributed by atoms with E-state index in [1.54, 1.807) is 0 Å². The molecule has 1 aromatic heterocycles. The van der Waals surface area contributed by atoms with Gasteiger partial charge in [-0.15, -0.1) is 0 Å². The van der Waals surface area contributed by atoms with Gasteiger partial charge in [0.2, 0.25) is 0 Å². The van der Waals surface area contributed by atoms with E-state index >= 15 is 0 Å². The van der Waals surface area contributed by atoms with Crippen molar-refractivity contribution in [2.24, 2.45) is 17.1 Å². The number of piperidine rings is 1. The van der Waals surface area contributed by atoms with Gasteiger partial charge < -0.3 is 5.73 Å². The van der Waals surface area contributed by atoms with Crippen molar-refractivity contribution in [1.29, 1.82) is 0 Å². The molecule has 2 rings (SSSR count). The highest BCUT2D eigenvalue weighted by atomic mass is 15.1. The Hall–Kier alpha value is -0.930. The molecule has 1 aliphatic heterocycles. The summed E-state index contributed by atoms with van der Waals surface area (Å²) in [6.45, 7) is 8.85. The smallest absolute Gasteiger partial charge is 0.0543 e. The van der Waals surface area contributed by atoms with Gasteiger partial charge in [0, 0.05) is 19.3 Å². The molecule has 18 heavy (non-hydrogen) atoms. The van der Waals surface area contributed by atoms with Crippen LogP contribution in [0.3, 0.4) is 0 Å². The van der Waals surface area contributed by atoms with Gasteiger partial charge in [-0.2, -0.15) is 0 Å². The van der Waals surface area contributed by atoms with Crippen LogP contribution in [0.15, 0.2) is 24.4 Å². The number of likely N-dealkylation sites (tertiary alicyclic amines) is 1. The molecule has 1 saturated heterocycles. The van der Waals surface area contributed by atoms with E-state index in [9.17, 15) is 0 Å². The van der Waals surface area contributed by atoms with Gasteiger partial charge in [0.15, 0.2) is 0 Å². The minimum absolute atomic E-state index is 0.431. The van der Waals surface area contributed by atoms with Gasteiger partial charge in [-0.3, -0.25) is 9.88 Å². The second kappa shape index (κ2) is 5.81. The Morgan fingerprint density at radius 2 is 2.28 bits per heavy atom. The first-order chi connectivity index (χ1) is 8.62. The first kappa shape index (κ1) is 13.5. The molecule has 0 radical (unpaired) electrons. The molecule has 3 heteroatoms. The number of pyridine rings is 1. The van der Waals surface area contributed by atoms with Crippen molar-refractivity contribution in [1.82, 2.24) is 9.88 Å². The summed E-state index contributed by atoms with van der Waals surface area (Å²) in [6.07, 6.45) is 4.26. The SMILES string of the molecule is CC1(C)CCN(Cc2ccccn2)CC1CCN. The van der Waals surface area contributed by atoms with Crippen LogP contribution in [-0.4, -0.2) is 29.5 Å². The average Bonchev–Trinajstić information content (AvgIpc) is 2.35. The van der Waals surface area contributed by atoms with Crippen molar-refractivity contribution >= 4 is 0 Å². The normalized spacial score (nSPS) is 24.1. The third-order valence-electron chi connectivity index (χ3n) is 4.28. The topological polar surface area (TPSA) is 42.2 Å². The standard InChI is InChI=1S/C15H25N3/c1-15(2)7-10-18(11-13(15)6-8-16)12-14-5-3-4-9-17-14/h3-5,9,13H,6-8,10-12,16H2,1-2H3. The molecule has 0 bridgehead atoms. The minimum Gasteiger partial charge on any atom is -0.330 e. The molecular formula is C15H25N3. The second-order valence-electron chi connectivity index (χ2n) is 6.07. The third kappa shape index (κ3) is 3.30. The Bertz CT molecular complexity index is 361. The highest BCUT2D eigenvalue weighted by Gasteiger charge is 2.34. The van der Waals surface area contributed by atoms with E-state index in [-0.39, 0.29) is 0 Å². The average molecular weight is 247 g/mol. The van der Waals surface area contributed by atoms with E-state index in [4.69, 9.17) is 5.73 Å². The lowest BCUT2D eigenvalue weighted by Crippen LogP contribution is -2.45. The van der Waals surface area contributed by atoms with Crippen LogP contribution in [-0.2, 0) is 6.54 Å². The monoisotopic (exact) mass is 247 g/mol. The van der Waals surface area contributed by atoms with Crippen molar-refractivity contribution in [2.45, 2.75) is 33.2 Å². The number of nitrogens with zero attached hydrogens (tertiary/aromatic N) is 2. The van der Waals surface area contributed by atoms with E-state index in [1.807, 2.05) is 12.3 Å². The second-order valence-corrected chi connectivity index (χ2v) is 6.07. The van der Waals surface area contributed by atoms with Crippen LogP contribution in [0.1, 0.15) is 32.4 Å². The van der Waals surface area contributed by atoms with Crippen LogP contribution in [0.25, 0.3) is 0 Å². The molecule has 0 saturated carbocycles. The predicted octanol–water partition coefficient (Wildman–Crippen LogP) is 2.28. The maximum atomic E-state index is 5.75. The molecule has 2 N–H and O–H groups in total. The Labute approximate surface area is 110 Å². The van der Waals surface area contributed by atoms with E-state index < -0.39 is 0 Å². The van der Waals surface area contributed by atoms with Crippen LogP contribution >= 0.6 is 0 Å². The Morgan fingerprint density at radius 3 is 2.94 bits per heavy atom.